The van der Waals surface area contributed by atoms with Gasteiger partial charge in [-0.15, -0.1) is 0 Å². The second-order valence-electron chi connectivity index (χ2n) is 6.33. The van der Waals surface area contributed by atoms with Crippen molar-refractivity contribution in [1.82, 2.24) is 4.90 Å². The fraction of sp³-hybridized carbons (Fsp3) is 0.471. The molecule has 0 saturated carbocycles. The molecule has 6 nitrogen and oxygen atoms in total. The molecule has 24 heavy (non-hydrogen) atoms. The number of hydrogen-bond acceptors (Lipinski definition) is 3. The molecular formula is C17H22ClN3O3. The number of nitrogens with one attached hydrogen (secondary N) is 1. The van der Waals surface area contributed by atoms with Gasteiger partial charge in [-0.05, 0) is 31.0 Å². The quantitative estimate of drug-likeness (QED) is 0.871. The van der Waals surface area contributed by atoms with Gasteiger partial charge in [-0.2, -0.15) is 0 Å². The number of amides is 3. The number of likely N-dealkylation sites (tertiary alicyclic amines) is 1. The van der Waals surface area contributed by atoms with Crippen LogP contribution in [-0.2, 0) is 9.59 Å². The first-order chi connectivity index (χ1) is 11.3. The fourth-order valence-electron chi connectivity index (χ4n) is 2.79. The molecule has 3 N–H and O–H groups in total. The van der Waals surface area contributed by atoms with Crippen LogP contribution in [0.3, 0.4) is 0 Å². The zero-order chi connectivity index (χ0) is 17.9. The van der Waals surface area contributed by atoms with E-state index < -0.39 is 5.91 Å². The third-order valence-electron chi connectivity index (χ3n) is 4.10. The van der Waals surface area contributed by atoms with Crippen molar-refractivity contribution in [2.24, 2.45) is 17.6 Å². The number of benzene rings is 1. The smallest absolute Gasteiger partial charge is 0.250 e. The van der Waals surface area contributed by atoms with E-state index in [0.29, 0.717) is 18.8 Å². The Morgan fingerprint density at radius 2 is 2.04 bits per heavy atom. The van der Waals surface area contributed by atoms with Gasteiger partial charge in [0, 0.05) is 24.7 Å². The highest BCUT2D eigenvalue weighted by Gasteiger charge is 2.29. The van der Waals surface area contributed by atoms with E-state index in [2.05, 4.69) is 5.32 Å². The minimum absolute atomic E-state index is 0.0648. The number of carbonyl (C=O) groups is 3. The Kier molecular flexibility index (Phi) is 5.83. The van der Waals surface area contributed by atoms with E-state index in [1.165, 1.54) is 12.1 Å². The van der Waals surface area contributed by atoms with Crippen LogP contribution in [-0.4, -0.2) is 35.7 Å². The molecule has 0 radical (unpaired) electrons. The van der Waals surface area contributed by atoms with Crippen LogP contribution in [0.5, 0.6) is 0 Å². The Balaban J connectivity index is 2.05. The van der Waals surface area contributed by atoms with Crippen molar-refractivity contribution in [2.45, 2.75) is 26.7 Å². The Labute approximate surface area is 146 Å². The fourth-order valence-corrected chi connectivity index (χ4v) is 3.00. The molecule has 0 aromatic heterocycles. The van der Waals surface area contributed by atoms with E-state index in [4.69, 9.17) is 17.3 Å². The lowest BCUT2D eigenvalue weighted by atomic mass is 9.96. The molecule has 130 valence electrons. The van der Waals surface area contributed by atoms with Crippen molar-refractivity contribution in [2.75, 3.05) is 18.4 Å². The van der Waals surface area contributed by atoms with E-state index in [0.717, 1.165) is 12.8 Å². The van der Waals surface area contributed by atoms with Crippen molar-refractivity contribution in [3.05, 3.63) is 28.8 Å². The maximum absolute atomic E-state index is 12.5. The van der Waals surface area contributed by atoms with Crippen LogP contribution >= 0.6 is 11.6 Å². The molecule has 1 heterocycles. The Morgan fingerprint density at radius 3 is 2.67 bits per heavy atom. The zero-order valence-corrected chi connectivity index (χ0v) is 14.6. The van der Waals surface area contributed by atoms with Gasteiger partial charge in [0.15, 0.2) is 0 Å². The first-order valence-corrected chi connectivity index (χ1v) is 8.36. The average Bonchev–Trinajstić information content (AvgIpc) is 2.55. The van der Waals surface area contributed by atoms with Crippen LogP contribution in [0.2, 0.25) is 5.02 Å². The third-order valence-corrected chi connectivity index (χ3v) is 4.43. The Bertz CT molecular complexity index is 660. The Morgan fingerprint density at radius 1 is 1.33 bits per heavy atom. The van der Waals surface area contributed by atoms with Crippen LogP contribution in [0.15, 0.2) is 18.2 Å². The van der Waals surface area contributed by atoms with E-state index in [-0.39, 0.29) is 34.2 Å². The summed E-state index contributed by atoms with van der Waals surface area (Å²) in [6.07, 6.45) is 1.52. The van der Waals surface area contributed by atoms with Gasteiger partial charge in [-0.3, -0.25) is 14.4 Å². The van der Waals surface area contributed by atoms with Gasteiger partial charge < -0.3 is 16.0 Å². The Hall–Kier alpha value is -2.08. The van der Waals surface area contributed by atoms with Crippen LogP contribution in [0.4, 0.5) is 5.69 Å². The number of halogens is 1. The number of nitrogens with zero attached hydrogens (tertiary/aromatic N) is 1. The first-order valence-electron chi connectivity index (χ1n) is 7.98. The van der Waals surface area contributed by atoms with Crippen LogP contribution in [0.25, 0.3) is 0 Å². The van der Waals surface area contributed by atoms with Crippen molar-refractivity contribution >= 4 is 35.0 Å². The molecule has 1 aromatic rings. The monoisotopic (exact) mass is 351 g/mol. The van der Waals surface area contributed by atoms with Crippen molar-refractivity contribution in [3.63, 3.8) is 0 Å². The lowest BCUT2D eigenvalue weighted by molar-refractivity contribution is -0.137. The van der Waals surface area contributed by atoms with E-state index in [1.807, 2.05) is 13.8 Å². The number of rotatable bonds is 4. The SMILES string of the molecule is CC(C)C(=O)N1CCC[C@H](C(=O)Nc2ccc(Cl)c(C(N)=O)c2)C1. The van der Waals surface area contributed by atoms with E-state index >= 15 is 0 Å². The zero-order valence-electron chi connectivity index (χ0n) is 13.8. The van der Waals surface area contributed by atoms with Gasteiger partial charge in [0.1, 0.15) is 0 Å². The molecule has 0 unspecified atom stereocenters. The molecule has 1 saturated heterocycles. The van der Waals surface area contributed by atoms with Gasteiger partial charge in [0.05, 0.1) is 16.5 Å². The largest absolute Gasteiger partial charge is 0.366 e. The molecule has 1 aliphatic rings. The van der Waals surface area contributed by atoms with E-state index in [9.17, 15) is 14.4 Å². The summed E-state index contributed by atoms with van der Waals surface area (Å²) in [5, 5.41) is 3.02. The highest BCUT2D eigenvalue weighted by atomic mass is 35.5. The molecule has 1 aromatic carbocycles. The maximum Gasteiger partial charge on any atom is 0.250 e. The number of primary amides is 1. The summed E-state index contributed by atoms with van der Waals surface area (Å²) in [4.78, 5) is 37.7. The molecule has 0 spiro atoms. The second kappa shape index (κ2) is 7.66. The number of piperidine rings is 1. The molecule has 0 aliphatic carbocycles. The van der Waals surface area contributed by atoms with E-state index in [1.54, 1.807) is 11.0 Å². The normalized spacial score (nSPS) is 17.7. The molecular weight excluding hydrogens is 330 g/mol. The molecule has 7 heteroatoms. The van der Waals surface area contributed by atoms with Crippen molar-refractivity contribution in [1.29, 1.82) is 0 Å². The van der Waals surface area contributed by atoms with Crippen LogP contribution in [0, 0.1) is 11.8 Å². The predicted octanol–water partition coefficient (Wildman–Crippen LogP) is 2.27. The van der Waals surface area contributed by atoms with Gasteiger partial charge in [0.25, 0.3) is 0 Å². The lowest BCUT2D eigenvalue weighted by Gasteiger charge is -2.33. The standard InChI is InChI=1S/C17H22ClN3O3/c1-10(2)17(24)21-7-3-4-11(9-21)16(23)20-12-5-6-14(18)13(8-12)15(19)22/h5-6,8,10-11H,3-4,7,9H2,1-2H3,(H2,19,22)(H,20,23)/t11-/m0/s1. The van der Waals surface area contributed by atoms with Gasteiger partial charge in [-0.1, -0.05) is 25.4 Å². The summed E-state index contributed by atoms with van der Waals surface area (Å²) >= 11 is 5.90. The predicted molar refractivity (Wildman–Crippen MR) is 92.7 cm³/mol. The molecule has 2 rings (SSSR count). The molecule has 1 atom stereocenters. The summed E-state index contributed by atoms with van der Waals surface area (Å²) in [6, 6.07) is 4.60. The first kappa shape index (κ1) is 18.3. The minimum Gasteiger partial charge on any atom is -0.366 e. The summed E-state index contributed by atoms with van der Waals surface area (Å²) < 4.78 is 0. The van der Waals surface area contributed by atoms with Gasteiger partial charge in [0.2, 0.25) is 17.7 Å². The van der Waals surface area contributed by atoms with Crippen LogP contribution in [0.1, 0.15) is 37.0 Å². The third kappa shape index (κ3) is 4.26. The number of anilines is 1. The molecule has 0 bridgehead atoms. The number of carbonyl (C=O) groups excluding carboxylic acids is 3. The summed E-state index contributed by atoms with van der Waals surface area (Å²) in [7, 11) is 0. The molecule has 1 aliphatic heterocycles. The topological polar surface area (TPSA) is 92.5 Å². The highest BCUT2D eigenvalue weighted by Crippen LogP contribution is 2.23. The number of hydrogen-bond donors (Lipinski definition) is 2. The summed E-state index contributed by atoms with van der Waals surface area (Å²) in [6.45, 7) is 4.81. The maximum atomic E-state index is 12.5. The van der Waals surface area contributed by atoms with Crippen molar-refractivity contribution in [3.8, 4) is 0 Å². The van der Waals surface area contributed by atoms with Gasteiger partial charge >= 0.3 is 0 Å². The lowest BCUT2D eigenvalue weighted by Crippen LogP contribution is -2.45. The van der Waals surface area contributed by atoms with Crippen LogP contribution < -0.4 is 11.1 Å². The second-order valence-corrected chi connectivity index (χ2v) is 6.73. The molecule has 3 amide bonds. The minimum atomic E-state index is -0.650. The average molecular weight is 352 g/mol. The number of nitrogens with two attached hydrogens (primary N) is 1. The van der Waals surface area contributed by atoms with Crippen molar-refractivity contribution < 1.29 is 14.4 Å². The summed E-state index contributed by atoms with van der Waals surface area (Å²) in [5.41, 5.74) is 5.88. The highest BCUT2D eigenvalue weighted by molar-refractivity contribution is 6.34. The summed E-state index contributed by atoms with van der Waals surface area (Å²) in [5.74, 6) is -1.11. The van der Waals surface area contributed by atoms with Gasteiger partial charge in [-0.25, -0.2) is 0 Å². The molecule has 1 fully saturated rings.